The van der Waals surface area contributed by atoms with Crippen molar-refractivity contribution in [3.8, 4) is 16.9 Å². The summed E-state index contributed by atoms with van der Waals surface area (Å²) in [6.45, 7) is 2.06. The summed E-state index contributed by atoms with van der Waals surface area (Å²) in [6, 6.07) is 14.9. The van der Waals surface area contributed by atoms with Gasteiger partial charge in [-0.25, -0.2) is 9.97 Å². The number of aromatic nitrogens is 2. The minimum Gasteiger partial charge on any atom is -0.497 e. The van der Waals surface area contributed by atoms with E-state index in [1.165, 1.54) is 0 Å². The van der Waals surface area contributed by atoms with Crippen molar-refractivity contribution in [1.29, 1.82) is 0 Å². The Labute approximate surface area is 193 Å². The topological polar surface area (TPSA) is 96.5 Å². The molecule has 8 nitrogen and oxygen atoms in total. The van der Waals surface area contributed by atoms with Gasteiger partial charge in [-0.05, 0) is 54.8 Å². The molecule has 1 aliphatic rings. The molecule has 3 aromatic rings. The van der Waals surface area contributed by atoms with Gasteiger partial charge in [0.25, 0.3) is 5.91 Å². The van der Waals surface area contributed by atoms with Crippen LogP contribution in [-0.2, 0) is 4.79 Å². The molecule has 2 N–H and O–H groups in total. The van der Waals surface area contributed by atoms with Crippen LogP contribution in [-0.4, -0.2) is 53.4 Å². The normalized spacial score (nSPS) is 13.1. The second-order valence-corrected chi connectivity index (χ2v) is 7.82. The van der Waals surface area contributed by atoms with Gasteiger partial charge in [-0.2, -0.15) is 0 Å². The zero-order valence-electron chi connectivity index (χ0n) is 18.6. The standard InChI is InChI=1S/C25H27N5O3/c1-33-22-11-7-18(8-12-22)20-16-27-25(28-17-20)29-21-9-5-19(6-10-21)24(32)26-13-3-15-30-14-2-4-23(30)31/h5-12,16-17H,2-4,13-15H2,1H3,(H,26,32)(H,27,28,29). The Kier molecular flexibility index (Phi) is 7.14. The van der Waals surface area contributed by atoms with Crippen LogP contribution in [0, 0.1) is 0 Å². The van der Waals surface area contributed by atoms with Crippen LogP contribution < -0.4 is 15.4 Å². The molecule has 1 aromatic heterocycles. The van der Waals surface area contributed by atoms with Crippen LogP contribution in [0.5, 0.6) is 5.75 Å². The van der Waals surface area contributed by atoms with Gasteiger partial charge in [-0.15, -0.1) is 0 Å². The second kappa shape index (κ2) is 10.6. The number of rotatable bonds is 9. The second-order valence-electron chi connectivity index (χ2n) is 7.82. The van der Waals surface area contributed by atoms with Crippen molar-refractivity contribution in [3.05, 3.63) is 66.5 Å². The third-order valence-corrected chi connectivity index (χ3v) is 5.54. The molecule has 0 bridgehead atoms. The summed E-state index contributed by atoms with van der Waals surface area (Å²) in [4.78, 5) is 34.6. The van der Waals surface area contributed by atoms with E-state index in [4.69, 9.17) is 4.74 Å². The van der Waals surface area contributed by atoms with Crippen molar-refractivity contribution in [2.45, 2.75) is 19.3 Å². The van der Waals surface area contributed by atoms with Crippen molar-refractivity contribution in [3.63, 3.8) is 0 Å². The number of carbonyl (C=O) groups excluding carboxylic acids is 2. The third kappa shape index (κ3) is 5.85. The molecule has 0 saturated carbocycles. The van der Waals surface area contributed by atoms with E-state index < -0.39 is 0 Å². The minimum atomic E-state index is -0.130. The molecule has 0 aliphatic carbocycles. The molecule has 170 valence electrons. The van der Waals surface area contributed by atoms with E-state index in [-0.39, 0.29) is 11.8 Å². The SMILES string of the molecule is COc1ccc(-c2cnc(Nc3ccc(C(=O)NCCCN4CCCC4=O)cc3)nc2)cc1. The van der Waals surface area contributed by atoms with Crippen LogP contribution >= 0.6 is 0 Å². The first kappa shape index (κ1) is 22.3. The number of anilines is 2. The number of amides is 2. The molecule has 0 spiro atoms. The number of ether oxygens (including phenoxy) is 1. The maximum absolute atomic E-state index is 12.3. The largest absolute Gasteiger partial charge is 0.497 e. The van der Waals surface area contributed by atoms with Crippen molar-refractivity contribution < 1.29 is 14.3 Å². The molecule has 0 atom stereocenters. The summed E-state index contributed by atoms with van der Waals surface area (Å²) in [5.41, 5.74) is 3.28. The zero-order chi connectivity index (χ0) is 23.0. The molecule has 2 aromatic carbocycles. The van der Waals surface area contributed by atoms with E-state index >= 15 is 0 Å². The third-order valence-electron chi connectivity index (χ3n) is 5.54. The predicted octanol–water partition coefficient (Wildman–Crippen LogP) is 3.64. The highest BCUT2D eigenvalue weighted by atomic mass is 16.5. The Hall–Kier alpha value is -3.94. The van der Waals surface area contributed by atoms with Crippen molar-refractivity contribution in [2.24, 2.45) is 0 Å². The molecule has 0 radical (unpaired) electrons. The van der Waals surface area contributed by atoms with E-state index in [1.807, 2.05) is 41.3 Å². The van der Waals surface area contributed by atoms with Crippen LogP contribution in [0.1, 0.15) is 29.6 Å². The Morgan fingerprint density at radius 3 is 2.39 bits per heavy atom. The molecule has 8 heteroatoms. The Morgan fingerprint density at radius 1 is 1.03 bits per heavy atom. The minimum absolute atomic E-state index is 0.130. The van der Waals surface area contributed by atoms with Gasteiger partial charge in [-0.3, -0.25) is 9.59 Å². The summed E-state index contributed by atoms with van der Waals surface area (Å²) < 4.78 is 5.18. The quantitative estimate of drug-likeness (QED) is 0.488. The molecule has 2 amide bonds. The molecule has 1 fully saturated rings. The van der Waals surface area contributed by atoms with Crippen LogP contribution in [0.25, 0.3) is 11.1 Å². The Morgan fingerprint density at radius 2 is 1.76 bits per heavy atom. The van der Waals surface area contributed by atoms with Gasteiger partial charge in [0.2, 0.25) is 11.9 Å². The van der Waals surface area contributed by atoms with Crippen molar-refractivity contribution in [1.82, 2.24) is 20.2 Å². The van der Waals surface area contributed by atoms with E-state index in [9.17, 15) is 9.59 Å². The molecule has 33 heavy (non-hydrogen) atoms. The average molecular weight is 446 g/mol. The van der Waals surface area contributed by atoms with Crippen molar-refractivity contribution >= 4 is 23.5 Å². The number of nitrogens with one attached hydrogen (secondary N) is 2. The highest BCUT2D eigenvalue weighted by Crippen LogP contribution is 2.22. The van der Waals surface area contributed by atoms with Gasteiger partial charge in [0.15, 0.2) is 0 Å². The van der Waals surface area contributed by atoms with Gasteiger partial charge in [0.1, 0.15) is 5.75 Å². The van der Waals surface area contributed by atoms with E-state index in [1.54, 1.807) is 31.6 Å². The molecule has 1 saturated heterocycles. The highest BCUT2D eigenvalue weighted by molar-refractivity contribution is 5.94. The highest BCUT2D eigenvalue weighted by Gasteiger charge is 2.19. The maximum atomic E-state index is 12.3. The number of hydrogen-bond acceptors (Lipinski definition) is 6. The van der Waals surface area contributed by atoms with Crippen LogP contribution in [0.4, 0.5) is 11.6 Å². The monoisotopic (exact) mass is 445 g/mol. The van der Waals surface area contributed by atoms with Crippen molar-refractivity contribution in [2.75, 3.05) is 32.1 Å². The first-order valence-corrected chi connectivity index (χ1v) is 11.0. The molecular formula is C25H27N5O3. The summed E-state index contributed by atoms with van der Waals surface area (Å²) in [5, 5.41) is 6.05. The summed E-state index contributed by atoms with van der Waals surface area (Å²) >= 11 is 0. The number of benzene rings is 2. The molecule has 0 unspecified atom stereocenters. The maximum Gasteiger partial charge on any atom is 0.251 e. The van der Waals surface area contributed by atoms with E-state index in [0.29, 0.717) is 31.0 Å². The number of carbonyl (C=O) groups is 2. The van der Waals surface area contributed by atoms with Gasteiger partial charge < -0.3 is 20.3 Å². The lowest BCUT2D eigenvalue weighted by Gasteiger charge is -2.15. The number of likely N-dealkylation sites (tertiary alicyclic amines) is 1. The molecular weight excluding hydrogens is 418 g/mol. The number of methoxy groups -OCH3 is 1. The number of hydrogen-bond donors (Lipinski definition) is 2. The summed E-state index contributed by atoms with van der Waals surface area (Å²) in [6.07, 6.45) is 5.85. The van der Waals surface area contributed by atoms with E-state index in [0.717, 1.165) is 42.0 Å². The lowest BCUT2D eigenvalue weighted by molar-refractivity contribution is -0.127. The fourth-order valence-corrected chi connectivity index (χ4v) is 3.67. The van der Waals surface area contributed by atoms with Crippen LogP contribution in [0.15, 0.2) is 60.9 Å². The summed E-state index contributed by atoms with van der Waals surface area (Å²) in [7, 11) is 1.64. The smallest absolute Gasteiger partial charge is 0.251 e. The molecule has 2 heterocycles. The van der Waals surface area contributed by atoms with Crippen LogP contribution in [0.3, 0.4) is 0 Å². The lowest BCUT2D eigenvalue weighted by Crippen LogP contribution is -2.30. The van der Waals surface area contributed by atoms with Gasteiger partial charge in [-0.1, -0.05) is 12.1 Å². The first-order valence-electron chi connectivity index (χ1n) is 11.0. The first-order chi connectivity index (χ1) is 16.1. The van der Waals surface area contributed by atoms with Gasteiger partial charge >= 0.3 is 0 Å². The Bertz CT molecular complexity index is 1080. The molecule has 1 aliphatic heterocycles. The fourth-order valence-electron chi connectivity index (χ4n) is 3.67. The van der Waals surface area contributed by atoms with Crippen LogP contribution in [0.2, 0.25) is 0 Å². The van der Waals surface area contributed by atoms with E-state index in [2.05, 4.69) is 20.6 Å². The summed E-state index contributed by atoms with van der Waals surface area (Å²) in [5.74, 6) is 1.35. The average Bonchev–Trinajstić information content (AvgIpc) is 3.27. The predicted molar refractivity (Wildman–Crippen MR) is 127 cm³/mol. The zero-order valence-corrected chi connectivity index (χ0v) is 18.6. The molecule has 4 rings (SSSR count). The lowest BCUT2D eigenvalue weighted by atomic mass is 10.1. The van der Waals surface area contributed by atoms with Gasteiger partial charge in [0, 0.05) is 55.3 Å². The van der Waals surface area contributed by atoms with Gasteiger partial charge in [0.05, 0.1) is 7.11 Å². The fraction of sp³-hybridized carbons (Fsp3) is 0.280. The Balaban J connectivity index is 1.26. The number of nitrogens with zero attached hydrogens (tertiary/aromatic N) is 3.